The molecule has 0 aliphatic carbocycles. The standard InChI is InChI=1S/C15H20FNO4/c1-4-20-13(18)9-10-17-14(19)15(2,3)21-12-7-5-11(16)6-8-12/h5-8H,4,9-10H2,1-3H3,(H,17,19). The van der Waals surface area contributed by atoms with Crippen LogP contribution in [-0.4, -0.2) is 30.6 Å². The van der Waals surface area contributed by atoms with Crippen LogP contribution < -0.4 is 10.1 Å². The maximum Gasteiger partial charge on any atom is 0.307 e. The van der Waals surface area contributed by atoms with Gasteiger partial charge in [-0.05, 0) is 45.0 Å². The van der Waals surface area contributed by atoms with Crippen LogP contribution >= 0.6 is 0 Å². The van der Waals surface area contributed by atoms with E-state index >= 15 is 0 Å². The summed E-state index contributed by atoms with van der Waals surface area (Å²) in [5.74, 6) is -0.716. The van der Waals surface area contributed by atoms with Crippen LogP contribution in [0.4, 0.5) is 4.39 Å². The molecule has 1 N–H and O–H groups in total. The van der Waals surface area contributed by atoms with Crippen molar-refractivity contribution in [3.8, 4) is 5.75 Å². The Kier molecular flexibility index (Phi) is 6.14. The number of carbonyl (C=O) groups excluding carboxylic acids is 2. The summed E-state index contributed by atoms with van der Waals surface area (Å²) >= 11 is 0. The van der Waals surface area contributed by atoms with E-state index in [-0.39, 0.29) is 30.7 Å². The molecule has 1 aromatic rings. The van der Waals surface area contributed by atoms with Gasteiger partial charge in [0, 0.05) is 6.54 Å². The van der Waals surface area contributed by atoms with E-state index in [1.807, 2.05) is 0 Å². The largest absolute Gasteiger partial charge is 0.478 e. The third-order valence-electron chi connectivity index (χ3n) is 2.65. The van der Waals surface area contributed by atoms with Gasteiger partial charge in [0.05, 0.1) is 13.0 Å². The molecule has 0 heterocycles. The van der Waals surface area contributed by atoms with Crippen molar-refractivity contribution >= 4 is 11.9 Å². The van der Waals surface area contributed by atoms with Crippen molar-refractivity contribution in [3.63, 3.8) is 0 Å². The minimum Gasteiger partial charge on any atom is -0.478 e. The maximum atomic E-state index is 12.8. The molecule has 0 saturated heterocycles. The molecule has 0 aliphatic heterocycles. The third-order valence-corrected chi connectivity index (χ3v) is 2.65. The van der Waals surface area contributed by atoms with E-state index in [1.54, 1.807) is 20.8 Å². The van der Waals surface area contributed by atoms with Gasteiger partial charge in [-0.3, -0.25) is 9.59 Å². The second-order valence-electron chi connectivity index (χ2n) is 4.88. The molecule has 0 aliphatic rings. The molecule has 6 heteroatoms. The smallest absolute Gasteiger partial charge is 0.307 e. The summed E-state index contributed by atoms with van der Waals surface area (Å²) in [6.45, 7) is 5.39. The molecule has 0 atom stereocenters. The lowest BCUT2D eigenvalue weighted by molar-refractivity contribution is -0.143. The number of benzene rings is 1. The second kappa shape index (κ2) is 7.61. The van der Waals surface area contributed by atoms with E-state index in [0.717, 1.165) is 0 Å². The van der Waals surface area contributed by atoms with Crippen molar-refractivity contribution < 1.29 is 23.5 Å². The highest BCUT2D eigenvalue weighted by atomic mass is 19.1. The van der Waals surface area contributed by atoms with Gasteiger partial charge in [0.15, 0.2) is 5.60 Å². The van der Waals surface area contributed by atoms with E-state index in [9.17, 15) is 14.0 Å². The molecule has 1 rings (SSSR count). The van der Waals surface area contributed by atoms with Crippen molar-refractivity contribution in [2.75, 3.05) is 13.2 Å². The van der Waals surface area contributed by atoms with E-state index in [1.165, 1.54) is 24.3 Å². The Hall–Kier alpha value is -2.11. The zero-order chi connectivity index (χ0) is 15.9. The van der Waals surface area contributed by atoms with Gasteiger partial charge in [-0.1, -0.05) is 0 Å². The first-order valence-electron chi connectivity index (χ1n) is 6.73. The van der Waals surface area contributed by atoms with Crippen LogP contribution in [0, 0.1) is 5.82 Å². The van der Waals surface area contributed by atoms with Crippen LogP contribution in [0.15, 0.2) is 24.3 Å². The monoisotopic (exact) mass is 297 g/mol. The molecule has 0 unspecified atom stereocenters. The van der Waals surface area contributed by atoms with E-state index in [2.05, 4.69) is 5.32 Å². The molecule has 116 valence electrons. The first-order valence-corrected chi connectivity index (χ1v) is 6.73. The van der Waals surface area contributed by atoms with E-state index in [0.29, 0.717) is 12.4 Å². The van der Waals surface area contributed by atoms with Gasteiger partial charge in [0.2, 0.25) is 0 Å². The summed E-state index contributed by atoms with van der Waals surface area (Å²) in [7, 11) is 0. The lowest BCUT2D eigenvalue weighted by Gasteiger charge is -2.25. The average Bonchev–Trinajstić information content (AvgIpc) is 2.41. The van der Waals surface area contributed by atoms with Crippen molar-refractivity contribution in [1.82, 2.24) is 5.32 Å². The molecule has 21 heavy (non-hydrogen) atoms. The molecule has 0 spiro atoms. The SMILES string of the molecule is CCOC(=O)CCNC(=O)C(C)(C)Oc1ccc(F)cc1. The lowest BCUT2D eigenvalue weighted by Crippen LogP contribution is -2.47. The van der Waals surface area contributed by atoms with Crippen LogP contribution in [0.1, 0.15) is 27.2 Å². The molecule has 0 aromatic heterocycles. The molecule has 1 aromatic carbocycles. The molecular weight excluding hydrogens is 277 g/mol. The fraction of sp³-hybridized carbons (Fsp3) is 0.467. The molecule has 0 fully saturated rings. The van der Waals surface area contributed by atoms with Crippen molar-refractivity contribution in [1.29, 1.82) is 0 Å². The van der Waals surface area contributed by atoms with Gasteiger partial charge in [-0.2, -0.15) is 0 Å². The van der Waals surface area contributed by atoms with Crippen LogP contribution in [0.2, 0.25) is 0 Å². The number of halogens is 1. The zero-order valence-corrected chi connectivity index (χ0v) is 12.4. The summed E-state index contributed by atoms with van der Waals surface area (Å²) in [5.41, 5.74) is -1.13. The van der Waals surface area contributed by atoms with E-state index in [4.69, 9.17) is 9.47 Å². The fourth-order valence-electron chi connectivity index (χ4n) is 1.57. The third kappa shape index (κ3) is 5.81. The second-order valence-corrected chi connectivity index (χ2v) is 4.88. The fourth-order valence-corrected chi connectivity index (χ4v) is 1.57. The Morgan fingerprint density at radius 1 is 1.24 bits per heavy atom. The van der Waals surface area contributed by atoms with Crippen LogP contribution in [0.3, 0.4) is 0 Å². The van der Waals surface area contributed by atoms with Crippen LogP contribution in [-0.2, 0) is 14.3 Å². The van der Waals surface area contributed by atoms with Crippen LogP contribution in [0.25, 0.3) is 0 Å². The van der Waals surface area contributed by atoms with Gasteiger partial charge >= 0.3 is 5.97 Å². The zero-order valence-electron chi connectivity index (χ0n) is 12.4. The van der Waals surface area contributed by atoms with Gasteiger partial charge in [0.25, 0.3) is 5.91 Å². The summed E-state index contributed by atoms with van der Waals surface area (Å²) in [5, 5.41) is 2.61. The number of amides is 1. The highest BCUT2D eigenvalue weighted by molar-refractivity contribution is 5.85. The Labute approximate surface area is 123 Å². The highest BCUT2D eigenvalue weighted by Crippen LogP contribution is 2.18. The average molecular weight is 297 g/mol. The maximum absolute atomic E-state index is 12.8. The Bertz CT molecular complexity index is 485. The Morgan fingerprint density at radius 3 is 2.43 bits per heavy atom. The topological polar surface area (TPSA) is 64.6 Å². The van der Waals surface area contributed by atoms with Gasteiger partial charge in [-0.15, -0.1) is 0 Å². The number of carbonyl (C=O) groups is 2. The number of nitrogens with one attached hydrogen (secondary N) is 1. The van der Waals surface area contributed by atoms with Crippen molar-refractivity contribution in [2.24, 2.45) is 0 Å². The van der Waals surface area contributed by atoms with Crippen molar-refractivity contribution in [2.45, 2.75) is 32.8 Å². The van der Waals surface area contributed by atoms with Gasteiger partial charge in [0.1, 0.15) is 11.6 Å². The van der Waals surface area contributed by atoms with E-state index < -0.39 is 5.60 Å². The summed E-state index contributed by atoms with van der Waals surface area (Å²) in [6.07, 6.45) is 0.103. The van der Waals surface area contributed by atoms with Gasteiger partial charge < -0.3 is 14.8 Å². The minimum absolute atomic E-state index is 0.103. The molecule has 0 bridgehead atoms. The summed E-state index contributed by atoms with van der Waals surface area (Å²) < 4.78 is 23.1. The number of ether oxygens (including phenoxy) is 2. The Balaban J connectivity index is 2.47. The first kappa shape index (κ1) is 16.9. The molecule has 1 amide bonds. The molecule has 0 radical (unpaired) electrons. The van der Waals surface area contributed by atoms with Crippen LogP contribution in [0.5, 0.6) is 5.75 Å². The number of esters is 1. The highest BCUT2D eigenvalue weighted by Gasteiger charge is 2.29. The van der Waals surface area contributed by atoms with Crippen molar-refractivity contribution in [3.05, 3.63) is 30.1 Å². The lowest BCUT2D eigenvalue weighted by atomic mass is 10.1. The Morgan fingerprint density at radius 2 is 1.86 bits per heavy atom. The minimum atomic E-state index is -1.13. The number of hydrogen-bond donors (Lipinski definition) is 1. The number of rotatable bonds is 7. The van der Waals surface area contributed by atoms with Gasteiger partial charge in [-0.25, -0.2) is 4.39 Å². The predicted octanol–water partition coefficient (Wildman–Crippen LogP) is 2.05. The predicted molar refractivity (Wildman–Crippen MR) is 75.4 cm³/mol. The normalized spacial score (nSPS) is 10.9. The summed E-state index contributed by atoms with van der Waals surface area (Å²) in [4.78, 5) is 23.2. The quantitative estimate of drug-likeness (QED) is 0.782. The number of hydrogen-bond acceptors (Lipinski definition) is 4. The summed E-state index contributed by atoms with van der Waals surface area (Å²) in [6, 6.07) is 5.40. The molecule has 5 nitrogen and oxygen atoms in total. The first-order chi connectivity index (χ1) is 9.85. The molecule has 0 saturated carbocycles. The molecular formula is C15H20FNO4.